The van der Waals surface area contributed by atoms with Gasteiger partial charge in [-0.15, -0.1) is 0 Å². The van der Waals surface area contributed by atoms with Gasteiger partial charge in [0, 0.05) is 36.1 Å². The Balaban J connectivity index is 2.04. The molecule has 0 aliphatic rings. The summed E-state index contributed by atoms with van der Waals surface area (Å²) in [6.07, 6.45) is -2.79. The van der Waals surface area contributed by atoms with E-state index in [-0.39, 0.29) is 41.3 Å². The number of rotatable bonds is 6. The van der Waals surface area contributed by atoms with Gasteiger partial charge in [-0.3, -0.25) is 4.79 Å². The van der Waals surface area contributed by atoms with Crippen LogP contribution in [0.2, 0.25) is 0 Å². The summed E-state index contributed by atoms with van der Waals surface area (Å²) in [7, 11) is 0. The molecule has 0 bridgehead atoms. The Labute approximate surface area is 197 Å². The number of nitriles is 1. The first-order valence-electron chi connectivity index (χ1n) is 10.4. The van der Waals surface area contributed by atoms with Gasteiger partial charge in [0.15, 0.2) is 0 Å². The molecule has 1 amide bonds. The molecular weight excluding hydrogens is 474 g/mol. The molecular formula is C24H20F6N4O. The smallest absolute Gasteiger partial charge is 0.321 e. The average Bonchev–Trinajstić information content (AvgIpc) is 3.32. The van der Waals surface area contributed by atoms with E-state index in [1.165, 1.54) is 42.9 Å². The van der Waals surface area contributed by atoms with Gasteiger partial charge in [0.1, 0.15) is 6.07 Å². The number of nitrogens with one attached hydrogen (secondary N) is 1. The molecule has 0 fully saturated rings. The van der Waals surface area contributed by atoms with Crippen LogP contribution in [0.3, 0.4) is 0 Å². The van der Waals surface area contributed by atoms with Crippen LogP contribution in [0.1, 0.15) is 46.5 Å². The molecule has 0 spiro atoms. The quantitative estimate of drug-likeness (QED) is 0.412. The highest BCUT2D eigenvalue weighted by atomic mass is 19.4. The molecule has 184 valence electrons. The Morgan fingerprint density at radius 1 is 1.14 bits per heavy atom. The van der Waals surface area contributed by atoms with Gasteiger partial charge in [0.2, 0.25) is 0 Å². The second-order valence-electron chi connectivity index (χ2n) is 7.97. The van der Waals surface area contributed by atoms with Crippen LogP contribution in [0, 0.1) is 18.3 Å². The monoisotopic (exact) mass is 494 g/mol. The maximum atomic E-state index is 14.9. The normalized spacial score (nSPS) is 13.7. The third-order valence-electron chi connectivity index (χ3n) is 5.56. The van der Waals surface area contributed by atoms with Gasteiger partial charge in [-0.1, -0.05) is 13.0 Å². The van der Waals surface area contributed by atoms with Crippen LogP contribution in [-0.2, 0) is 12.1 Å². The zero-order valence-electron chi connectivity index (χ0n) is 18.8. The Bertz CT molecular complexity index is 1270. The Kier molecular flexibility index (Phi) is 6.70. The minimum atomic E-state index is -5.88. The average molecular weight is 494 g/mol. The molecule has 0 saturated heterocycles. The summed E-state index contributed by atoms with van der Waals surface area (Å²) >= 11 is 0. The molecule has 1 aromatic heterocycles. The number of alkyl halides is 6. The van der Waals surface area contributed by atoms with E-state index in [2.05, 4.69) is 10.4 Å². The van der Waals surface area contributed by atoms with E-state index >= 15 is 0 Å². The summed E-state index contributed by atoms with van der Waals surface area (Å²) in [5.41, 5.74) is -5.38. The summed E-state index contributed by atoms with van der Waals surface area (Å²) in [5, 5.41) is 15.9. The van der Waals surface area contributed by atoms with E-state index in [1.807, 2.05) is 6.07 Å². The molecule has 1 heterocycles. The summed E-state index contributed by atoms with van der Waals surface area (Å²) in [6.45, 7) is 2.69. The van der Waals surface area contributed by atoms with E-state index in [4.69, 9.17) is 0 Å². The van der Waals surface area contributed by atoms with Crippen LogP contribution >= 0.6 is 0 Å². The van der Waals surface area contributed by atoms with Crippen molar-refractivity contribution < 1.29 is 31.1 Å². The molecule has 1 N–H and O–H groups in total. The van der Waals surface area contributed by atoms with Crippen LogP contribution in [-0.4, -0.2) is 27.8 Å². The first-order valence-corrected chi connectivity index (χ1v) is 10.4. The highest BCUT2D eigenvalue weighted by Gasteiger charge is 2.70. The summed E-state index contributed by atoms with van der Waals surface area (Å²) in [6, 6.07) is 9.17. The van der Waals surface area contributed by atoms with E-state index in [0.717, 1.165) is 0 Å². The minimum absolute atomic E-state index is 0.0239. The first kappa shape index (κ1) is 25.8. The molecule has 35 heavy (non-hydrogen) atoms. The lowest BCUT2D eigenvalue weighted by Crippen LogP contribution is -2.51. The zero-order valence-corrected chi connectivity index (χ0v) is 18.8. The van der Waals surface area contributed by atoms with Gasteiger partial charge >= 0.3 is 6.18 Å². The fourth-order valence-corrected chi connectivity index (χ4v) is 3.74. The molecule has 11 heteroatoms. The van der Waals surface area contributed by atoms with Crippen molar-refractivity contribution in [2.24, 2.45) is 0 Å². The van der Waals surface area contributed by atoms with Gasteiger partial charge < -0.3 is 5.32 Å². The summed E-state index contributed by atoms with van der Waals surface area (Å²) in [4.78, 5) is 13.0. The van der Waals surface area contributed by atoms with E-state index in [9.17, 15) is 36.4 Å². The van der Waals surface area contributed by atoms with Crippen LogP contribution in [0.25, 0.3) is 5.69 Å². The number of aromatic nitrogens is 2. The van der Waals surface area contributed by atoms with Crippen LogP contribution in [0.4, 0.5) is 32.0 Å². The lowest BCUT2D eigenvalue weighted by molar-refractivity contribution is -0.304. The van der Waals surface area contributed by atoms with Crippen molar-refractivity contribution >= 4 is 11.6 Å². The molecule has 0 aliphatic heterocycles. The highest BCUT2D eigenvalue weighted by Crippen LogP contribution is 2.53. The standard InChI is InChI=1S/C24H20F6N4O/c1-4-15-11-18(23(27,22(3,25)26)24(28,29)30)10-14(2)20(15)33-21(35)16-6-7-17(13-31)19(12-16)34-9-5-8-32-34/h5-12H,4H2,1-3H3,(H,33,35). The van der Waals surface area contributed by atoms with Crippen LogP contribution in [0.5, 0.6) is 0 Å². The number of amides is 1. The molecule has 1 unspecified atom stereocenters. The predicted molar refractivity (Wildman–Crippen MR) is 116 cm³/mol. The number of anilines is 1. The Morgan fingerprint density at radius 3 is 2.34 bits per heavy atom. The number of aryl methyl sites for hydroxylation is 2. The van der Waals surface area contributed by atoms with Gasteiger partial charge in [-0.05, 0) is 54.8 Å². The maximum Gasteiger partial charge on any atom is 0.432 e. The van der Waals surface area contributed by atoms with Crippen LogP contribution in [0.15, 0.2) is 48.8 Å². The largest absolute Gasteiger partial charge is 0.432 e. The van der Waals surface area contributed by atoms with Gasteiger partial charge in [-0.2, -0.15) is 23.5 Å². The third-order valence-corrected chi connectivity index (χ3v) is 5.56. The molecule has 3 aromatic rings. The van der Waals surface area contributed by atoms with Crippen molar-refractivity contribution in [1.29, 1.82) is 5.26 Å². The number of hydrogen-bond donors (Lipinski definition) is 1. The fourth-order valence-electron chi connectivity index (χ4n) is 3.74. The predicted octanol–water partition coefficient (Wildman–Crippen LogP) is 6.25. The number of hydrogen-bond acceptors (Lipinski definition) is 3. The van der Waals surface area contributed by atoms with Crippen molar-refractivity contribution in [3.63, 3.8) is 0 Å². The van der Waals surface area contributed by atoms with Crippen molar-refractivity contribution in [2.75, 3.05) is 5.32 Å². The Morgan fingerprint density at radius 2 is 1.83 bits per heavy atom. The van der Waals surface area contributed by atoms with Crippen molar-refractivity contribution in [1.82, 2.24) is 9.78 Å². The molecule has 0 aliphatic carbocycles. The topological polar surface area (TPSA) is 70.7 Å². The molecule has 5 nitrogen and oxygen atoms in total. The van der Waals surface area contributed by atoms with E-state index in [1.54, 1.807) is 12.3 Å². The number of carbonyl (C=O) groups is 1. The van der Waals surface area contributed by atoms with E-state index < -0.39 is 29.2 Å². The minimum Gasteiger partial charge on any atom is -0.321 e. The van der Waals surface area contributed by atoms with Crippen molar-refractivity contribution in [3.05, 3.63) is 76.6 Å². The SMILES string of the molecule is CCc1cc(C(F)(C(C)(F)F)C(F)(F)F)cc(C)c1NC(=O)c1ccc(C#N)c(-n2cccn2)c1. The van der Waals surface area contributed by atoms with Gasteiger partial charge in [-0.25, -0.2) is 17.9 Å². The number of halogens is 6. The number of carbonyl (C=O) groups excluding carboxylic acids is 1. The second-order valence-corrected chi connectivity index (χ2v) is 7.97. The number of nitrogens with zero attached hydrogens (tertiary/aromatic N) is 3. The highest BCUT2D eigenvalue weighted by molar-refractivity contribution is 6.05. The first-order chi connectivity index (χ1) is 16.2. The zero-order chi connectivity index (χ0) is 26.2. The van der Waals surface area contributed by atoms with E-state index in [0.29, 0.717) is 17.8 Å². The van der Waals surface area contributed by atoms with Crippen LogP contribution < -0.4 is 5.32 Å². The number of benzene rings is 2. The summed E-state index contributed by atoms with van der Waals surface area (Å²) in [5.74, 6) is -5.42. The molecule has 3 rings (SSSR count). The maximum absolute atomic E-state index is 14.9. The van der Waals surface area contributed by atoms with Crippen molar-refractivity contribution in [2.45, 2.75) is 45.0 Å². The Hall–Kier alpha value is -3.81. The fraction of sp³-hybridized carbons (Fsp3) is 0.292. The lowest BCUT2D eigenvalue weighted by atomic mass is 9.86. The molecule has 0 radical (unpaired) electrons. The van der Waals surface area contributed by atoms with Crippen molar-refractivity contribution in [3.8, 4) is 11.8 Å². The molecule has 0 saturated carbocycles. The van der Waals surface area contributed by atoms with Gasteiger partial charge in [0.25, 0.3) is 17.5 Å². The molecule has 1 atom stereocenters. The summed E-state index contributed by atoms with van der Waals surface area (Å²) < 4.78 is 84.4. The molecule has 2 aromatic carbocycles. The van der Waals surface area contributed by atoms with Gasteiger partial charge in [0.05, 0.1) is 11.3 Å². The third kappa shape index (κ3) is 4.60. The second kappa shape index (κ2) is 9.09. The lowest BCUT2D eigenvalue weighted by Gasteiger charge is -2.34.